The highest BCUT2D eigenvalue weighted by Gasteiger charge is 2.14. The van der Waals surface area contributed by atoms with E-state index in [9.17, 15) is 9.59 Å². The summed E-state index contributed by atoms with van der Waals surface area (Å²) >= 11 is 4.57. The van der Waals surface area contributed by atoms with E-state index >= 15 is 0 Å². The topological polar surface area (TPSA) is 110 Å². The van der Waals surface area contributed by atoms with Gasteiger partial charge >= 0.3 is 0 Å². The number of hydrogen-bond donors (Lipinski definition) is 2. The Morgan fingerprint density at radius 1 is 1.03 bits per heavy atom. The van der Waals surface area contributed by atoms with Gasteiger partial charge < -0.3 is 19.5 Å². The standard InChI is InChI=1S/C28H34N4O4S3/c1-7-8-24-20(5)36-16-23(24)14-25(33)29-21(6)38-17(2)9-11-37-12-10-27-31-32-28(39-27)30-26(34)13-22-15-35-19(4)18(22)3/h7-8,15-16H,2,6,9-14H2,1,3-5H3,(H,29,33)(H,30,32,34)/b8-7-. The van der Waals surface area contributed by atoms with Crippen LogP contribution in [0.15, 0.2) is 50.5 Å². The van der Waals surface area contributed by atoms with Crippen LogP contribution in [0.2, 0.25) is 0 Å². The minimum atomic E-state index is -0.139. The van der Waals surface area contributed by atoms with Crippen molar-refractivity contribution in [3.8, 4) is 0 Å². The zero-order chi connectivity index (χ0) is 28.4. The molecule has 2 amide bonds. The molecule has 0 fully saturated rings. The maximum absolute atomic E-state index is 12.4. The van der Waals surface area contributed by atoms with Gasteiger partial charge in [0.1, 0.15) is 16.5 Å². The summed E-state index contributed by atoms with van der Waals surface area (Å²) < 4.78 is 10.8. The second kappa shape index (κ2) is 14.9. The van der Waals surface area contributed by atoms with Gasteiger partial charge in [-0.2, -0.15) is 11.8 Å². The number of rotatable bonds is 15. The third-order valence-corrected chi connectivity index (χ3v) is 8.50. The van der Waals surface area contributed by atoms with E-state index in [0.717, 1.165) is 68.0 Å². The van der Waals surface area contributed by atoms with Crippen LogP contribution in [0, 0.1) is 20.8 Å². The van der Waals surface area contributed by atoms with Crippen LogP contribution in [0.25, 0.3) is 6.08 Å². The first-order valence-electron chi connectivity index (χ1n) is 12.4. The van der Waals surface area contributed by atoms with Gasteiger partial charge in [-0.3, -0.25) is 9.59 Å². The van der Waals surface area contributed by atoms with Crippen molar-refractivity contribution in [2.24, 2.45) is 0 Å². The molecule has 0 aromatic carbocycles. The van der Waals surface area contributed by atoms with E-state index in [1.165, 1.54) is 23.1 Å². The van der Waals surface area contributed by atoms with Crippen LogP contribution in [0.5, 0.6) is 0 Å². The average Bonchev–Trinajstić information content (AvgIpc) is 3.55. The number of aryl methyl sites for hydroxylation is 3. The Morgan fingerprint density at radius 2 is 1.74 bits per heavy atom. The second-order valence-corrected chi connectivity index (χ2v) is 12.4. The normalized spacial score (nSPS) is 11.2. The Hall–Kier alpha value is -3.02. The van der Waals surface area contributed by atoms with Gasteiger partial charge in [0, 0.05) is 23.1 Å². The summed E-state index contributed by atoms with van der Waals surface area (Å²) in [6, 6.07) is 0. The minimum absolute atomic E-state index is 0.138. The van der Waals surface area contributed by atoms with Gasteiger partial charge in [-0.25, -0.2) is 0 Å². The Kier molecular flexibility index (Phi) is 11.7. The zero-order valence-corrected chi connectivity index (χ0v) is 25.2. The van der Waals surface area contributed by atoms with Crippen LogP contribution in [0.1, 0.15) is 52.1 Å². The number of nitrogens with zero attached hydrogens (tertiary/aromatic N) is 2. The molecule has 0 saturated heterocycles. The predicted molar refractivity (Wildman–Crippen MR) is 162 cm³/mol. The highest BCUT2D eigenvalue weighted by atomic mass is 32.2. The van der Waals surface area contributed by atoms with E-state index in [-0.39, 0.29) is 24.7 Å². The Bertz CT molecular complexity index is 1350. The van der Waals surface area contributed by atoms with Crippen molar-refractivity contribution in [1.29, 1.82) is 0 Å². The number of hydrogen-bond acceptors (Lipinski definition) is 9. The van der Waals surface area contributed by atoms with Crippen molar-refractivity contribution in [2.45, 2.75) is 53.4 Å². The molecular weight excluding hydrogens is 553 g/mol. The van der Waals surface area contributed by atoms with E-state index in [4.69, 9.17) is 8.83 Å². The van der Waals surface area contributed by atoms with Crippen LogP contribution < -0.4 is 10.6 Å². The maximum Gasteiger partial charge on any atom is 0.230 e. The third-order valence-electron chi connectivity index (χ3n) is 5.77. The monoisotopic (exact) mass is 586 g/mol. The van der Waals surface area contributed by atoms with Crippen molar-refractivity contribution >= 4 is 57.9 Å². The summed E-state index contributed by atoms with van der Waals surface area (Å²) in [7, 11) is 0. The second-order valence-electron chi connectivity index (χ2n) is 8.80. The lowest BCUT2D eigenvalue weighted by Crippen LogP contribution is -2.22. The molecule has 3 aromatic heterocycles. The molecular formula is C28H34N4O4S3. The molecule has 8 nitrogen and oxygen atoms in total. The van der Waals surface area contributed by atoms with Crippen molar-refractivity contribution < 1.29 is 18.4 Å². The van der Waals surface area contributed by atoms with Crippen molar-refractivity contribution in [2.75, 3.05) is 16.8 Å². The van der Waals surface area contributed by atoms with Crippen molar-refractivity contribution in [3.63, 3.8) is 0 Å². The number of anilines is 1. The van der Waals surface area contributed by atoms with E-state index in [2.05, 4.69) is 34.0 Å². The fourth-order valence-corrected chi connectivity index (χ4v) is 6.25. The molecule has 0 saturated carbocycles. The molecule has 3 rings (SSSR count). The molecule has 0 aliphatic carbocycles. The van der Waals surface area contributed by atoms with Gasteiger partial charge in [0.05, 0.1) is 30.4 Å². The molecule has 3 heterocycles. The van der Waals surface area contributed by atoms with Crippen LogP contribution in [-0.4, -0.2) is 33.5 Å². The van der Waals surface area contributed by atoms with Gasteiger partial charge in [-0.1, -0.05) is 48.4 Å². The van der Waals surface area contributed by atoms with Crippen LogP contribution in [0.4, 0.5) is 5.13 Å². The molecule has 2 N–H and O–H groups in total. The van der Waals surface area contributed by atoms with E-state index in [0.29, 0.717) is 10.2 Å². The fraction of sp³-hybridized carbons (Fsp3) is 0.357. The Morgan fingerprint density at radius 3 is 2.46 bits per heavy atom. The number of nitrogens with one attached hydrogen (secondary N) is 2. The number of amides is 2. The van der Waals surface area contributed by atoms with Crippen molar-refractivity contribution in [3.05, 3.63) is 80.5 Å². The smallest absolute Gasteiger partial charge is 0.230 e. The summed E-state index contributed by atoms with van der Waals surface area (Å²) in [5.41, 5.74) is 3.66. The molecule has 0 aliphatic rings. The number of thioether (sulfide) groups is 2. The zero-order valence-electron chi connectivity index (χ0n) is 22.7. The van der Waals surface area contributed by atoms with Gasteiger partial charge in [-0.05, 0) is 56.1 Å². The van der Waals surface area contributed by atoms with Crippen molar-refractivity contribution in [1.82, 2.24) is 15.5 Å². The first kappa shape index (κ1) is 30.5. The van der Waals surface area contributed by atoms with Gasteiger partial charge in [0.25, 0.3) is 0 Å². The van der Waals surface area contributed by atoms with Gasteiger partial charge in [0.2, 0.25) is 16.9 Å². The first-order valence-corrected chi connectivity index (χ1v) is 15.2. The molecule has 0 atom stereocenters. The summed E-state index contributed by atoms with van der Waals surface area (Å²) in [6.45, 7) is 15.7. The molecule has 0 aliphatic heterocycles. The largest absolute Gasteiger partial charge is 0.469 e. The number of furan rings is 2. The molecule has 0 unspecified atom stereocenters. The Labute approximate surface area is 241 Å². The quantitative estimate of drug-likeness (QED) is 0.192. The van der Waals surface area contributed by atoms with Crippen LogP contribution in [-0.2, 0) is 28.9 Å². The minimum Gasteiger partial charge on any atom is -0.469 e. The average molecular weight is 587 g/mol. The molecule has 0 spiro atoms. The molecule has 0 radical (unpaired) electrons. The highest BCUT2D eigenvalue weighted by Crippen LogP contribution is 2.26. The first-order chi connectivity index (χ1) is 18.7. The summed E-state index contributed by atoms with van der Waals surface area (Å²) in [5.74, 6) is 3.10. The van der Waals surface area contributed by atoms with Crippen LogP contribution in [0.3, 0.4) is 0 Å². The highest BCUT2D eigenvalue weighted by molar-refractivity contribution is 8.06. The molecule has 39 heavy (non-hydrogen) atoms. The number of carbonyl (C=O) groups is 2. The lowest BCUT2D eigenvalue weighted by Gasteiger charge is -2.10. The van der Waals surface area contributed by atoms with Gasteiger partial charge in [-0.15, -0.1) is 10.2 Å². The third kappa shape index (κ3) is 9.59. The molecule has 0 bridgehead atoms. The maximum atomic E-state index is 12.4. The lowest BCUT2D eigenvalue weighted by atomic mass is 10.1. The molecule has 208 valence electrons. The number of aromatic nitrogens is 2. The number of carbonyl (C=O) groups excluding carboxylic acids is 2. The predicted octanol–water partition coefficient (Wildman–Crippen LogP) is 6.61. The van der Waals surface area contributed by atoms with E-state index in [1.807, 2.05) is 39.8 Å². The summed E-state index contributed by atoms with van der Waals surface area (Å²) in [6.07, 6.45) is 9.14. The summed E-state index contributed by atoms with van der Waals surface area (Å²) in [5, 5.41) is 15.9. The summed E-state index contributed by atoms with van der Waals surface area (Å²) in [4.78, 5) is 25.7. The Balaban J connectivity index is 1.29. The van der Waals surface area contributed by atoms with E-state index < -0.39 is 0 Å². The molecule has 3 aromatic rings. The lowest BCUT2D eigenvalue weighted by molar-refractivity contribution is -0.119. The number of allylic oxidation sites excluding steroid dienone is 2. The fourth-order valence-electron chi connectivity index (χ4n) is 3.59. The van der Waals surface area contributed by atoms with E-state index in [1.54, 1.807) is 24.3 Å². The SMILES string of the molecule is C=C(CCSCCc1nnc(NC(=O)Cc2coc(C)c2C)s1)SC(=C)NC(=O)Cc1coc(C)c1/C=C\C. The van der Waals surface area contributed by atoms with Gasteiger partial charge in [0.15, 0.2) is 0 Å². The van der Waals surface area contributed by atoms with Crippen LogP contribution >= 0.6 is 34.9 Å². The molecule has 11 heteroatoms.